The molecule has 0 bridgehead atoms. The first-order chi connectivity index (χ1) is 8.99. The fourth-order valence-corrected chi connectivity index (χ4v) is 2.62. The molecule has 4 heteroatoms. The monoisotopic (exact) mass is 283 g/mol. The maximum Gasteiger partial charge on any atom is 0.303 e. The van der Waals surface area contributed by atoms with Crippen LogP contribution in [0.5, 0.6) is 0 Å². The number of halogens is 1. The van der Waals surface area contributed by atoms with Gasteiger partial charge in [-0.25, -0.2) is 0 Å². The second-order valence-corrected chi connectivity index (χ2v) is 5.24. The van der Waals surface area contributed by atoms with Gasteiger partial charge in [0.2, 0.25) is 0 Å². The molecule has 19 heavy (non-hydrogen) atoms. The lowest BCUT2D eigenvalue weighted by molar-refractivity contribution is -0.137. The molecule has 0 saturated heterocycles. The van der Waals surface area contributed by atoms with Crippen molar-refractivity contribution in [1.82, 2.24) is 0 Å². The largest absolute Gasteiger partial charge is 0.481 e. The highest BCUT2D eigenvalue weighted by Gasteiger charge is 2.14. The van der Waals surface area contributed by atoms with Crippen LogP contribution in [-0.2, 0) is 4.79 Å². The zero-order chi connectivity index (χ0) is 14.4. The predicted molar refractivity (Wildman–Crippen MR) is 78.6 cm³/mol. The summed E-state index contributed by atoms with van der Waals surface area (Å²) in [6, 6.07) is 5.59. The lowest BCUT2D eigenvalue weighted by Gasteiger charge is -2.17. The van der Waals surface area contributed by atoms with Crippen molar-refractivity contribution in [2.75, 3.05) is 0 Å². The van der Waals surface area contributed by atoms with Crippen molar-refractivity contribution in [3.05, 3.63) is 34.3 Å². The first-order valence-corrected chi connectivity index (χ1v) is 7.14. The zero-order valence-corrected chi connectivity index (χ0v) is 12.3. The van der Waals surface area contributed by atoms with Crippen LogP contribution in [0.15, 0.2) is 18.2 Å². The Morgan fingerprint density at radius 3 is 2.47 bits per heavy atom. The normalized spacial score (nSPS) is 12.7. The average Bonchev–Trinajstić information content (AvgIpc) is 2.39. The van der Waals surface area contributed by atoms with E-state index in [2.05, 4.69) is 13.8 Å². The van der Waals surface area contributed by atoms with Gasteiger partial charge in [-0.3, -0.25) is 4.79 Å². The van der Waals surface area contributed by atoms with Crippen LogP contribution in [-0.4, -0.2) is 11.1 Å². The van der Waals surface area contributed by atoms with Gasteiger partial charge in [-0.05, 0) is 42.4 Å². The highest BCUT2D eigenvalue weighted by Crippen LogP contribution is 2.31. The minimum Gasteiger partial charge on any atom is -0.481 e. The summed E-state index contributed by atoms with van der Waals surface area (Å²) < 4.78 is 0. The van der Waals surface area contributed by atoms with Crippen molar-refractivity contribution in [3.8, 4) is 0 Å². The molecule has 0 aliphatic heterocycles. The number of carboxylic acid groups (broad SMARTS) is 1. The average molecular weight is 284 g/mol. The predicted octanol–water partition coefficient (Wildman–Crippen LogP) is 4.11. The molecule has 3 nitrogen and oxygen atoms in total. The molecule has 0 aliphatic rings. The molecule has 0 amide bonds. The number of carbonyl (C=O) groups is 1. The molecule has 0 saturated carbocycles. The Hall–Kier alpha value is -1.06. The molecule has 106 valence electrons. The summed E-state index contributed by atoms with van der Waals surface area (Å²) in [4.78, 5) is 10.5. The molecular formula is C15H22ClNO2. The van der Waals surface area contributed by atoms with Gasteiger partial charge in [-0.15, -0.1) is 0 Å². The summed E-state index contributed by atoms with van der Waals surface area (Å²) in [7, 11) is 0. The highest BCUT2D eigenvalue weighted by atomic mass is 35.5. The topological polar surface area (TPSA) is 63.3 Å². The number of carboxylic acids is 1. The molecule has 0 aromatic heterocycles. The third-order valence-corrected chi connectivity index (χ3v) is 3.87. The number of nitrogens with two attached hydrogens (primary N) is 1. The molecule has 0 spiro atoms. The molecule has 0 aliphatic carbocycles. The minimum atomic E-state index is -0.824. The van der Waals surface area contributed by atoms with Gasteiger partial charge in [-0.2, -0.15) is 0 Å². The number of rotatable bonds is 7. The summed E-state index contributed by atoms with van der Waals surface area (Å²) in [5.41, 5.74) is 8.04. The molecule has 0 fully saturated rings. The van der Waals surface area contributed by atoms with E-state index in [1.54, 1.807) is 0 Å². The smallest absolute Gasteiger partial charge is 0.303 e. The summed E-state index contributed by atoms with van der Waals surface area (Å²) in [6.07, 6.45) is 2.62. The van der Waals surface area contributed by atoms with Crippen molar-refractivity contribution in [1.29, 1.82) is 0 Å². The van der Waals surface area contributed by atoms with Gasteiger partial charge in [0.1, 0.15) is 0 Å². The Bertz CT molecular complexity index is 430. The van der Waals surface area contributed by atoms with E-state index in [0.717, 1.165) is 29.0 Å². The van der Waals surface area contributed by atoms with Crippen LogP contribution >= 0.6 is 11.6 Å². The first kappa shape index (κ1) is 16.0. The lowest BCUT2D eigenvalue weighted by atomic mass is 9.92. The van der Waals surface area contributed by atoms with E-state index in [1.807, 2.05) is 18.2 Å². The maximum absolute atomic E-state index is 10.5. The third-order valence-electron chi connectivity index (χ3n) is 3.55. The Balaban J connectivity index is 2.83. The van der Waals surface area contributed by atoms with Crippen LogP contribution < -0.4 is 5.73 Å². The van der Waals surface area contributed by atoms with Gasteiger partial charge in [0.15, 0.2) is 0 Å². The SMILES string of the molecule is CCC(CC)c1ccc(C(N)CCC(=O)O)cc1Cl. The fraction of sp³-hybridized carbons (Fsp3) is 0.533. The lowest BCUT2D eigenvalue weighted by Crippen LogP contribution is -2.12. The molecule has 1 aromatic carbocycles. The van der Waals surface area contributed by atoms with E-state index >= 15 is 0 Å². The van der Waals surface area contributed by atoms with Gasteiger partial charge in [0.25, 0.3) is 0 Å². The number of hydrogen-bond donors (Lipinski definition) is 2. The van der Waals surface area contributed by atoms with Crippen molar-refractivity contribution in [2.24, 2.45) is 5.73 Å². The van der Waals surface area contributed by atoms with E-state index < -0.39 is 5.97 Å². The van der Waals surface area contributed by atoms with Crippen molar-refractivity contribution < 1.29 is 9.90 Å². The Labute approximate surface area is 119 Å². The molecule has 1 unspecified atom stereocenters. The van der Waals surface area contributed by atoms with Crippen molar-refractivity contribution in [3.63, 3.8) is 0 Å². The Kier molecular flexibility index (Phi) is 6.32. The third kappa shape index (κ3) is 4.51. The van der Waals surface area contributed by atoms with Gasteiger partial charge in [0.05, 0.1) is 0 Å². The fourth-order valence-electron chi connectivity index (χ4n) is 2.28. The van der Waals surface area contributed by atoms with Crippen LogP contribution in [0.1, 0.15) is 62.6 Å². The molecule has 0 radical (unpaired) electrons. The van der Waals surface area contributed by atoms with E-state index in [-0.39, 0.29) is 12.5 Å². The quantitative estimate of drug-likeness (QED) is 0.791. The zero-order valence-electron chi connectivity index (χ0n) is 11.5. The molecule has 1 rings (SSSR count). The van der Waals surface area contributed by atoms with Gasteiger partial charge in [-0.1, -0.05) is 37.6 Å². The van der Waals surface area contributed by atoms with Crippen LogP contribution in [0.3, 0.4) is 0 Å². The molecule has 3 N–H and O–H groups in total. The van der Waals surface area contributed by atoms with Gasteiger partial charge < -0.3 is 10.8 Å². The van der Waals surface area contributed by atoms with Crippen LogP contribution in [0, 0.1) is 0 Å². The van der Waals surface area contributed by atoms with E-state index in [0.29, 0.717) is 12.3 Å². The van der Waals surface area contributed by atoms with Crippen LogP contribution in [0.2, 0.25) is 5.02 Å². The Morgan fingerprint density at radius 1 is 1.37 bits per heavy atom. The van der Waals surface area contributed by atoms with Crippen molar-refractivity contribution >= 4 is 17.6 Å². The summed E-state index contributed by atoms with van der Waals surface area (Å²) in [5, 5.41) is 9.40. The van der Waals surface area contributed by atoms with Crippen LogP contribution in [0.4, 0.5) is 0 Å². The molecule has 1 atom stereocenters. The second kappa shape index (κ2) is 7.51. The summed E-state index contributed by atoms with van der Waals surface area (Å²) >= 11 is 6.32. The molecule has 0 heterocycles. The summed E-state index contributed by atoms with van der Waals surface area (Å²) in [6.45, 7) is 4.30. The second-order valence-electron chi connectivity index (χ2n) is 4.83. The number of hydrogen-bond acceptors (Lipinski definition) is 2. The molecular weight excluding hydrogens is 262 g/mol. The number of aliphatic carboxylic acids is 1. The van der Waals surface area contributed by atoms with E-state index in [9.17, 15) is 4.79 Å². The molecule has 1 aromatic rings. The van der Waals surface area contributed by atoms with E-state index in [4.69, 9.17) is 22.4 Å². The van der Waals surface area contributed by atoms with Crippen LogP contribution in [0.25, 0.3) is 0 Å². The van der Waals surface area contributed by atoms with Crippen molar-refractivity contribution in [2.45, 2.75) is 51.5 Å². The number of benzene rings is 1. The van der Waals surface area contributed by atoms with Gasteiger partial charge in [0, 0.05) is 17.5 Å². The Morgan fingerprint density at radius 2 is 2.00 bits per heavy atom. The minimum absolute atomic E-state index is 0.0765. The standard InChI is InChI=1S/C15H22ClNO2/c1-3-10(4-2)12-6-5-11(9-13(12)16)14(17)7-8-15(18)19/h5-6,9-10,14H,3-4,7-8,17H2,1-2H3,(H,18,19). The maximum atomic E-state index is 10.5. The van der Waals surface area contributed by atoms with E-state index in [1.165, 1.54) is 0 Å². The van der Waals surface area contributed by atoms with Gasteiger partial charge >= 0.3 is 5.97 Å². The highest BCUT2D eigenvalue weighted by molar-refractivity contribution is 6.31. The first-order valence-electron chi connectivity index (χ1n) is 6.76. The summed E-state index contributed by atoms with van der Waals surface area (Å²) in [5.74, 6) is -0.355.